The van der Waals surface area contributed by atoms with Crippen molar-refractivity contribution in [3.05, 3.63) is 0 Å². The van der Waals surface area contributed by atoms with E-state index in [0.29, 0.717) is 0 Å². The number of rotatable bonds is 4. The summed E-state index contributed by atoms with van der Waals surface area (Å²) in [7, 11) is 2.81. The first kappa shape index (κ1) is 18.7. The number of ether oxygens (including phenoxy) is 4. The Morgan fingerprint density at radius 2 is 1.91 bits per heavy atom. The fourth-order valence-corrected chi connectivity index (χ4v) is 2.40. The second-order valence-electron chi connectivity index (χ2n) is 6.73. The number of hydrogen-bond acceptors (Lipinski definition) is 6. The van der Waals surface area contributed by atoms with Gasteiger partial charge in [0, 0.05) is 7.11 Å². The summed E-state index contributed by atoms with van der Waals surface area (Å²) in [6, 6.07) is -0.422. The number of carbonyl (C=O) groups excluding carboxylic acids is 2. The highest BCUT2D eigenvalue weighted by molar-refractivity contribution is 5.71. The van der Waals surface area contributed by atoms with Gasteiger partial charge in [-0.3, -0.25) is 9.69 Å². The van der Waals surface area contributed by atoms with Gasteiger partial charge >= 0.3 is 12.1 Å². The maximum atomic E-state index is 12.5. The van der Waals surface area contributed by atoms with Crippen LogP contribution in [0.4, 0.5) is 4.79 Å². The van der Waals surface area contributed by atoms with Crippen LogP contribution in [0.15, 0.2) is 0 Å². The lowest BCUT2D eigenvalue weighted by Crippen LogP contribution is -2.54. The Hall–Kier alpha value is -1.34. The maximum absolute atomic E-state index is 12.5. The second-order valence-corrected chi connectivity index (χ2v) is 6.73. The molecule has 1 rings (SSSR count). The molecule has 1 aliphatic rings. The molecule has 1 fully saturated rings. The van der Waals surface area contributed by atoms with Crippen LogP contribution in [0.1, 0.15) is 41.0 Å². The van der Waals surface area contributed by atoms with Crippen molar-refractivity contribution >= 4 is 12.1 Å². The van der Waals surface area contributed by atoms with Crippen molar-refractivity contribution in [1.82, 2.24) is 4.90 Å². The minimum Gasteiger partial charge on any atom is -0.469 e. The Morgan fingerprint density at radius 1 is 1.32 bits per heavy atom. The summed E-state index contributed by atoms with van der Waals surface area (Å²) in [6.07, 6.45) is -0.982. The van der Waals surface area contributed by atoms with E-state index in [1.165, 1.54) is 19.1 Å². The van der Waals surface area contributed by atoms with Gasteiger partial charge in [-0.2, -0.15) is 0 Å². The summed E-state index contributed by atoms with van der Waals surface area (Å²) < 4.78 is 21.2. The Morgan fingerprint density at radius 3 is 2.36 bits per heavy atom. The van der Waals surface area contributed by atoms with E-state index in [1.807, 2.05) is 0 Å². The first-order valence-corrected chi connectivity index (χ1v) is 7.27. The Labute approximate surface area is 131 Å². The first-order chi connectivity index (χ1) is 10.0. The van der Waals surface area contributed by atoms with E-state index in [9.17, 15) is 9.59 Å². The molecule has 0 bridgehead atoms. The van der Waals surface area contributed by atoms with Gasteiger partial charge in [-0.05, 0) is 34.6 Å². The van der Waals surface area contributed by atoms with Crippen molar-refractivity contribution in [2.24, 2.45) is 0 Å². The fourth-order valence-electron chi connectivity index (χ4n) is 2.40. The first-order valence-electron chi connectivity index (χ1n) is 7.27. The number of methoxy groups -OCH3 is 2. The van der Waals surface area contributed by atoms with Gasteiger partial charge in [-0.1, -0.05) is 0 Å². The van der Waals surface area contributed by atoms with Gasteiger partial charge in [0.05, 0.1) is 32.3 Å². The van der Waals surface area contributed by atoms with E-state index in [2.05, 4.69) is 4.74 Å². The van der Waals surface area contributed by atoms with Crippen LogP contribution in [-0.2, 0) is 23.7 Å². The van der Waals surface area contributed by atoms with Crippen molar-refractivity contribution in [2.45, 2.75) is 64.5 Å². The molecule has 0 aromatic carbocycles. The van der Waals surface area contributed by atoms with Gasteiger partial charge in [0.1, 0.15) is 11.3 Å². The standard InChI is InChI=1S/C15H27NO6/c1-14(2,3)22-13(18)16-10(9-21-15(16,4)5)11(19-6)8-12(17)20-7/h10-11H,8-9H2,1-7H3/t10-,11-/m0/s1. The van der Waals surface area contributed by atoms with Gasteiger partial charge in [-0.25, -0.2) is 4.79 Å². The number of esters is 1. The van der Waals surface area contributed by atoms with Crippen LogP contribution in [0.3, 0.4) is 0 Å². The van der Waals surface area contributed by atoms with E-state index in [-0.39, 0.29) is 13.0 Å². The molecule has 1 saturated heterocycles. The van der Waals surface area contributed by atoms with Crippen molar-refractivity contribution in [3.63, 3.8) is 0 Å². The van der Waals surface area contributed by atoms with Crippen LogP contribution in [0.5, 0.6) is 0 Å². The number of hydrogen-bond donors (Lipinski definition) is 0. The predicted molar refractivity (Wildman–Crippen MR) is 79.3 cm³/mol. The molecule has 7 nitrogen and oxygen atoms in total. The third kappa shape index (κ3) is 4.58. The van der Waals surface area contributed by atoms with Crippen molar-refractivity contribution < 1.29 is 28.5 Å². The SMILES string of the molecule is COC(=O)C[C@H](OC)[C@@H]1COC(C)(C)N1C(=O)OC(C)(C)C. The molecule has 0 N–H and O–H groups in total. The highest BCUT2D eigenvalue weighted by Crippen LogP contribution is 2.32. The average Bonchev–Trinajstić information content (AvgIpc) is 2.69. The monoisotopic (exact) mass is 317 g/mol. The number of carbonyl (C=O) groups is 2. The largest absolute Gasteiger partial charge is 0.469 e. The summed E-state index contributed by atoms with van der Waals surface area (Å²) in [5, 5.41) is 0. The summed E-state index contributed by atoms with van der Waals surface area (Å²) >= 11 is 0. The minimum absolute atomic E-state index is 0.0381. The average molecular weight is 317 g/mol. The van der Waals surface area contributed by atoms with E-state index in [4.69, 9.17) is 14.2 Å². The fraction of sp³-hybridized carbons (Fsp3) is 0.867. The summed E-state index contributed by atoms with van der Waals surface area (Å²) in [6.45, 7) is 9.22. The van der Waals surface area contributed by atoms with E-state index >= 15 is 0 Å². The van der Waals surface area contributed by atoms with Crippen LogP contribution in [0, 0.1) is 0 Å². The third-order valence-electron chi connectivity index (χ3n) is 3.44. The van der Waals surface area contributed by atoms with Gasteiger partial charge in [-0.15, -0.1) is 0 Å². The third-order valence-corrected chi connectivity index (χ3v) is 3.44. The van der Waals surface area contributed by atoms with Crippen LogP contribution in [-0.4, -0.2) is 61.3 Å². The van der Waals surface area contributed by atoms with E-state index in [1.54, 1.807) is 34.6 Å². The molecule has 0 aliphatic carbocycles. The molecule has 0 unspecified atom stereocenters. The lowest BCUT2D eigenvalue weighted by atomic mass is 10.1. The molecule has 22 heavy (non-hydrogen) atoms. The van der Waals surface area contributed by atoms with Crippen LogP contribution >= 0.6 is 0 Å². The zero-order valence-corrected chi connectivity index (χ0v) is 14.5. The molecule has 0 radical (unpaired) electrons. The summed E-state index contributed by atoms with van der Waals surface area (Å²) in [4.78, 5) is 25.5. The smallest absolute Gasteiger partial charge is 0.412 e. The summed E-state index contributed by atoms with van der Waals surface area (Å²) in [5.74, 6) is -0.402. The van der Waals surface area contributed by atoms with Gasteiger partial charge in [0.15, 0.2) is 0 Å². The Kier molecular flexibility index (Phi) is 5.81. The van der Waals surface area contributed by atoms with E-state index < -0.39 is 35.5 Å². The Balaban J connectivity index is 2.96. The van der Waals surface area contributed by atoms with Crippen molar-refractivity contribution in [2.75, 3.05) is 20.8 Å². The molecule has 0 aromatic heterocycles. The Bertz CT molecular complexity index is 415. The van der Waals surface area contributed by atoms with Crippen LogP contribution in [0.25, 0.3) is 0 Å². The van der Waals surface area contributed by atoms with Crippen LogP contribution in [0.2, 0.25) is 0 Å². The molecule has 1 aliphatic heterocycles. The lowest BCUT2D eigenvalue weighted by molar-refractivity contribution is -0.144. The predicted octanol–water partition coefficient (Wildman–Crippen LogP) is 1.94. The second kappa shape index (κ2) is 6.83. The normalized spacial score (nSPS) is 22.3. The zero-order valence-electron chi connectivity index (χ0n) is 14.5. The van der Waals surface area contributed by atoms with Crippen molar-refractivity contribution in [1.29, 1.82) is 0 Å². The van der Waals surface area contributed by atoms with Gasteiger partial charge in [0.25, 0.3) is 0 Å². The molecule has 2 atom stereocenters. The minimum atomic E-state index is -0.833. The van der Waals surface area contributed by atoms with Gasteiger partial charge < -0.3 is 18.9 Å². The topological polar surface area (TPSA) is 74.3 Å². The molecule has 1 amide bonds. The zero-order chi connectivity index (χ0) is 17.1. The molecule has 7 heteroatoms. The van der Waals surface area contributed by atoms with Gasteiger partial charge in [0.2, 0.25) is 0 Å². The van der Waals surface area contributed by atoms with E-state index in [0.717, 1.165) is 0 Å². The molecule has 1 heterocycles. The van der Waals surface area contributed by atoms with Crippen LogP contribution < -0.4 is 0 Å². The number of nitrogens with zero attached hydrogens (tertiary/aromatic N) is 1. The number of amides is 1. The molecule has 0 saturated carbocycles. The maximum Gasteiger partial charge on any atom is 0.412 e. The molecular weight excluding hydrogens is 290 g/mol. The molecule has 0 aromatic rings. The van der Waals surface area contributed by atoms with Crippen molar-refractivity contribution in [3.8, 4) is 0 Å². The summed E-state index contributed by atoms with van der Waals surface area (Å²) in [5.41, 5.74) is -1.45. The lowest BCUT2D eigenvalue weighted by Gasteiger charge is -2.37. The molecule has 0 spiro atoms. The highest BCUT2D eigenvalue weighted by atomic mass is 16.6. The highest BCUT2D eigenvalue weighted by Gasteiger charge is 2.49. The molecule has 128 valence electrons. The molecular formula is C15H27NO6. The quantitative estimate of drug-likeness (QED) is 0.738.